The number of Topliss-reactive ketones (excluding diaryl/α,β-unsaturated/α-hetero) is 1. The van der Waals surface area contributed by atoms with Crippen molar-refractivity contribution in [2.24, 2.45) is 5.92 Å². The fourth-order valence-corrected chi connectivity index (χ4v) is 3.18. The van der Waals surface area contributed by atoms with Crippen LogP contribution >= 0.6 is 0 Å². The number of carboxylic acids is 2. The van der Waals surface area contributed by atoms with Gasteiger partial charge in [-0.25, -0.2) is 0 Å². The second kappa shape index (κ2) is 17.0. The molecule has 152 valence electrons. The topological polar surface area (TPSA) is 91.7 Å². The third kappa shape index (κ3) is 14.9. The Morgan fingerprint density at radius 2 is 1.08 bits per heavy atom. The third-order valence-corrected chi connectivity index (χ3v) is 4.86. The third-order valence-electron chi connectivity index (χ3n) is 4.86. The Morgan fingerprint density at radius 1 is 0.654 bits per heavy atom. The second-order valence-electron chi connectivity index (χ2n) is 7.28. The Kier molecular flexibility index (Phi) is 16.1. The van der Waals surface area contributed by atoms with E-state index in [1.165, 1.54) is 64.2 Å². The summed E-state index contributed by atoms with van der Waals surface area (Å²) in [5.41, 5.74) is 0. The molecule has 0 radical (unpaired) electrons. The van der Waals surface area contributed by atoms with Gasteiger partial charge in [-0.1, -0.05) is 84.0 Å². The molecule has 5 nitrogen and oxygen atoms in total. The lowest BCUT2D eigenvalue weighted by molar-refractivity contribution is -0.147. The number of hydrogen-bond acceptors (Lipinski definition) is 3. The molecule has 2 N–H and O–H groups in total. The molecule has 1 unspecified atom stereocenters. The largest absolute Gasteiger partial charge is 0.481 e. The summed E-state index contributed by atoms with van der Waals surface area (Å²) in [5.74, 6) is -3.76. The Morgan fingerprint density at radius 3 is 1.46 bits per heavy atom. The monoisotopic (exact) mass is 370 g/mol. The first-order valence-corrected chi connectivity index (χ1v) is 10.5. The molecule has 0 rings (SSSR count). The molecule has 0 amide bonds. The SMILES string of the molecule is CCCCCCCCCCCCCCCC(=O)C(CCC(=O)O)C(=O)O. The number of carbonyl (C=O) groups is 3. The van der Waals surface area contributed by atoms with Gasteiger partial charge in [0.2, 0.25) is 0 Å². The minimum atomic E-state index is -1.20. The molecule has 0 fully saturated rings. The number of ketones is 1. The maximum Gasteiger partial charge on any atom is 0.314 e. The first-order valence-electron chi connectivity index (χ1n) is 10.5. The highest BCUT2D eigenvalue weighted by Gasteiger charge is 2.25. The van der Waals surface area contributed by atoms with Crippen LogP contribution < -0.4 is 0 Å². The molecule has 0 bridgehead atoms. The van der Waals surface area contributed by atoms with Crippen LogP contribution in [0.4, 0.5) is 0 Å². The zero-order valence-electron chi connectivity index (χ0n) is 16.5. The quantitative estimate of drug-likeness (QED) is 0.228. The van der Waals surface area contributed by atoms with E-state index in [4.69, 9.17) is 10.2 Å². The number of hydrogen-bond donors (Lipinski definition) is 2. The van der Waals surface area contributed by atoms with Gasteiger partial charge in [-0.3, -0.25) is 14.4 Å². The van der Waals surface area contributed by atoms with Crippen LogP contribution in [-0.4, -0.2) is 27.9 Å². The normalized spacial score (nSPS) is 12.0. The molecule has 0 aromatic heterocycles. The first-order chi connectivity index (χ1) is 12.5. The molecule has 0 aliphatic rings. The molecule has 0 aliphatic carbocycles. The van der Waals surface area contributed by atoms with E-state index in [0.29, 0.717) is 6.42 Å². The fraction of sp³-hybridized carbons (Fsp3) is 0.857. The number of unbranched alkanes of at least 4 members (excludes halogenated alkanes) is 12. The van der Waals surface area contributed by atoms with Crippen molar-refractivity contribution < 1.29 is 24.6 Å². The van der Waals surface area contributed by atoms with E-state index in [1.807, 2.05) is 0 Å². The Bertz CT molecular complexity index is 392. The number of rotatable bonds is 19. The highest BCUT2D eigenvalue weighted by atomic mass is 16.4. The van der Waals surface area contributed by atoms with E-state index in [2.05, 4.69) is 6.92 Å². The smallest absolute Gasteiger partial charge is 0.314 e. The minimum Gasteiger partial charge on any atom is -0.481 e. The van der Waals surface area contributed by atoms with Crippen LogP contribution in [0.5, 0.6) is 0 Å². The molecule has 0 aliphatic heterocycles. The molecule has 26 heavy (non-hydrogen) atoms. The Balaban J connectivity index is 3.54. The summed E-state index contributed by atoms with van der Waals surface area (Å²) in [6.07, 6.45) is 15.7. The van der Waals surface area contributed by atoms with Gasteiger partial charge in [0.25, 0.3) is 0 Å². The highest BCUT2D eigenvalue weighted by Crippen LogP contribution is 2.16. The number of aliphatic carboxylic acids is 2. The van der Waals surface area contributed by atoms with Crippen LogP contribution in [0.15, 0.2) is 0 Å². The molecule has 0 aromatic rings. The fourth-order valence-electron chi connectivity index (χ4n) is 3.18. The van der Waals surface area contributed by atoms with Crippen molar-refractivity contribution in [1.29, 1.82) is 0 Å². The van der Waals surface area contributed by atoms with Gasteiger partial charge in [0.05, 0.1) is 0 Å². The summed E-state index contributed by atoms with van der Waals surface area (Å²) in [7, 11) is 0. The van der Waals surface area contributed by atoms with Gasteiger partial charge >= 0.3 is 11.9 Å². The lowest BCUT2D eigenvalue weighted by Crippen LogP contribution is -2.24. The van der Waals surface area contributed by atoms with Gasteiger partial charge in [-0.15, -0.1) is 0 Å². The van der Waals surface area contributed by atoms with Gasteiger partial charge in [0.15, 0.2) is 0 Å². The zero-order valence-corrected chi connectivity index (χ0v) is 16.5. The Labute approximate surface area is 158 Å². The van der Waals surface area contributed by atoms with Crippen molar-refractivity contribution in [3.63, 3.8) is 0 Å². The van der Waals surface area contributed by atoms with Crippen molar-refractivity contribution in [1.82, 2.24) is 0 Å². The molecule has 0 saturated heterocycles. The predicted octanol–water partition coefficient (Wildman–Crippen LogP) is 5.60. The van der Waals surface area contributed by atoms with Crippen molar-refractivity contribution in [2.75, 3.05) is 0 Å². The van der Waals surface area contributed by atoms with Gasteiger partial charge in [-0.2, -0.15) is 0 Å². The molecule has 0 aromatic carbocycles. The van der Waals surface area contributed by atoms with Crippen molar-refractivity contribution in [3.8, 4) is 0 Å². The summed E-state index contributed by atoms with van der Waals surface area (Å²) in [5, 5.41) is 17.7. The number of carboxylic acid groups (broad SMARTS) is 2. The van der Waals surface area contributed by atoms with Gasteiger partial charge < -0.3 is 10.2 Å². The van der Waals surface area contributed by atoms with Crippen molar-refractivity contribution in [2.45, 2.75) is 110 Å². The lowest BCUT2D eigenvalue weighted by Gasteiger charge is -2.09. The predicted molar refractivity (Wildman–Crippen MR) is 103 cm³/mol. The molecular formula is C21H38O5. The zero-order chi connectivity index (χ0) is 19.6. The van der Waals surface area contributed by atoms with Crippen LogP contribution in [0.2, 0.25) is 0 Å². The molecule has 0 heterocycles. The average Bonchev–Trinajstić information content (AvgIpc) is 2.58. The van der Waals surface area contributed by atoms with Crippen LogP contribution in [0.25, 0.3) is 0 Å². The minimum absolute atomic E-state index is 0.109. The molecule has 0 saturated carbocycles. The standard InChI is InChI=1S/C21H38O5/c1-2-3-4-5-6-7-8-9-10-11-12-13-14-15-19(22)18(21(25)26)16-17-20(23)24/h18H,2-17H2,1H3,(H,23,24)(H,25,26). The van der Waals surface area contributed by atoms with Gasteiger partial charge in [0, 0.05) is 12.8 Å². The van der Waals surface area contributed by atoms with Crippen LogP contribution in [0.3, 0.4) is 0 Å². The van der Waals surface area contributed by atoms with Gasteiger partial charge in [-0.05, 0) is 12.8 Å². The van der Waals surface area contributed by atoms with Crippen molar-refractivity contribution in [3.05, 3.63) is 0 Å². The maximum absolute atomic E-state index is 11.9. The van der Waals surface area contributed by atoms with E-state index >= 15 is 0 Å². The summed E-state index contributed by atoms with van der Waals surface area (Å²) in [6.45, 7) is 2.24. The maximum atomic E-state index is 11.9. The average molecular weight is 371 g/mol. The van der Waals surface area contributed by atoms with Crippen LogP contribution in [0, 0.1) is 5.92 Å². The first kappa shape index (κ1) is 24.6. The second-order valence-corrected chi connectivity index (χ2v) is 7.28. The van der Waals surface area contributed by atoms with Crippen LogP contribution in [0.1, 0.15) is 110 Å². The molecule has 1 atom stereocenters. The van der Waals surface area contributed by atoms with E-state index in [0.717, 1.165) is 12.8 Å². The van der Waals surface area contributed by atoms with Crippen molar-refractivity contribution >= 4 is 17.7 Å². The Hall–Kier alpha value is -1.39. The summed E-state index contributed by atoms with van der Waals surface area (Å²) in [6, 6.07) is 0. The lowest BCUT2D eigenvalue weighted by atomic mass is 9.94. The van der Waals surface area contributed by atoms with E-state index < -0.39 is 17.9 Å². The molecule has 5 heteroatoms. The summed E-state index contributed by atoms with van der Waals surface area (Å²) in [4.78, 5) is 33.5. The summed E-state index contributed by atoms with van der Waals surface area (Å²) >= 11 is 0. The van der Waals surface area contributed by atoms with Crippen LogP contribution in [-0.2, 0) is 14.4 Å². The molecular weight excluding hydrogens is 332 g/mol. The summed E-state index contributed by atoms with van der Waals surface area (Å²) < 4.78 is 0. The number of carbonyl (C=O) groups excluding carboxylic acids is 1. The van der Waals surface area contributed by atoms with E-state index in [1.54, 1.807) is 0 Å². The van der Waals surface area contributed by atoms with E-state index in [9.17, 15) is 14.4 Å². The highest BCUT2D eigenvalue weighted by molar-refractivity contribution is 5.98. The van der Waals surface area contributed by atoms with E-state index in [-0.39, 0.29) is 25.0 Å². The van der Waals surface area contributed by atoms with Gasteiger partial charge in [0.1, 0.15) is 11.7 Å². The molecule has 0 spiro atoms.